The van der Waals surface area contributed by atoms with Gasteiger partial charge in [0.15, 0.2) is 0 Å². The van der Waals surface area contributed by atoms with E-state index in [2.05, 4.69) is 15.9 Å². The van der Waals surface area contributed by atoms with Crippen molar-refractivity contribution >= 4 is 33.7 Å². The van der Waals surface area contributed by atoms with Crippen LogP contribution in [-0.2, 0) is 5.75 Å². The van der Waals surface area contributed by atoms with Crippen LogP contribution >= 0.6 is 27.7 Å². The van der Waals surface area contributed by atoms with Gasteiger partial charge in [-0.05, 0) is 23.8 Å². The summed E-state index contributed by atoms with van der Waals surface area (Å²) in [6, 6.07) is 15.0. The second-order valence-electron chi connectivity index (χ2n) is 3.68. The van der Waals surface area contributed by atoms with Gasteiger partial charge in [0.1, 0.15) is 0 Å². The molecule has 92 valence electrons. The molecule has 4 heteroatoms. The third-order valence-electron chi connectivity index (χ3n) is 2.46. The van der Waals surface area contributed by atoms with E-state index in [1.54, 1.807) is 12.1 Å². The molecule has 0 bridgehead atoms. The van der Waals surface area contributed by atoms with Gasteiger partial charge in [0.05, 0.1) is 5.56 Å². The van der Waals surface area contributed by atoms with Gasteiger partial charge in [-0.3, -0.25) is 0 Å². The highest BCUT2D eigenvalue weighted by molar-refractivity contribution is 9.10. The maximum Gasteiger partial charge on any atom is 0.336 e. The van der Waals surface area contributed by atoms with E-state index in [0.29, 0.717) is 5.56 Å². The number of halogens is 1. The molecule has 18 heavy (non-hydrogen) atoms. The molecular weight excluding hydrogens is 312 g/mol. The maximum atomic E-state index is 11.1. The Morgan fingerprint density at radius 1 is 1.11 bits per heavy atom. The van der Waals surface area contributed by atoms with Crippen LogP contribution in [0.3, 0.4) is 0 Å². The van der Waals surface area contributed by atoms with Crippen LogP contribution in [-0.4, -0.2) is 11.1 Å². The number of carboxylic acid groups (broad SMARTS) is 1. The molecule has 2 rings (SSSR count). The normalized spacial score (nSPS) is 10.3. The van der Waals surface area contributed by atoms with Gasteiger partial charge in [0, 0.05) is 15.1 Å². The minimum Gasteiger partial charge on any atom is -0.478 e. The van der Waals surface area contributed by atoms with Crippen molar-refractivity contribution in [1.82, 2.24) is 0 Å². The van der Waals surface area contributed by atoms with Gasteiger partial charge < -0.3 is 5.11 Å². The highest BCUT2D eigenvalue weighted by atomic mass is 79.9. The van der Waals surface area contributed by atoms with E-state index in [4.69, 9.17) is 5.11 Å². The number of thioether (sulfide) groups is 1. The zero-order valence-electron chi connectivity index (χ0n) is 9.47. The fourth-order valence-electron chi connectivity index (χ4n) is 1.54. The van der Waals surface area contributed by atoms with Crippen molar-refractivity contribution in [3.63, 3.8) is 0 Å². The van der Waals surface area contributed by atoms with Crippen molar-refractivity contribution < 1.29 is 9.90 Å². The molecule has 0 aromatic heterocycles. The lowest BCUT2D eigenvalue weighted by atomic mass is 10.2. The van der Waals surface area contributed by atoms with E-state index in [0.717, 1.165) is 20.7 Å². The molecule has 0 aliphatic heterocycles. The van der Waals surface area contributed by atoms with E-state index in [-0.39, 0.29) is 0 Å². The van der Waals surface area contributed by atoms with Gasteiger partial charge in [0.2, 0.25) is 0 Å². The van der Waals surface area contributed by atoms with Crippen LogP contribution in [0.1, 0.15) is 15.9 Å². The first-order valence-electron chi connectivity index (χ1n) is 5.37. The largest absolute Gasteiger partial charge is 0.478 e. The number of aromatic carboxylic acids is 1. The summed E-state index contributed by atoms with van der Waals surface area (Å²) in [6.07, 6.45) is 0. The predicted octanol–water partition coefficient (Wildman–Crippen LogP) is 4.44. The molecule has 0 atom stereocenters. The minimum atomic E-state index is -0.884. The van der Waals surface area contributed by atoms with Crippen LogP contribution in [0.15, 0.2) is 57.9 Å². The van der Waals surface area contributed by atoms with Crippen LogP contribution in [0.2, 0.25) is 0 Å². The molecule has 2 aromatic carbocycles. The van der Waals surface area contributed by atoms with Gasteiger partial charge >= 0.3 is 5.97 Å². The van der Waals surface area contributed by atoms with Crippen molar-refractivity contribution in [1.29, 1.82) is 0 Å². The molecule has 0 aliphatic rings. The summed E-state index contributed by atoms with van der Waals surface area (Å²) in [5.74, 6) is -0.142. The lowest BCUT2D eigenvalue weighted by molar-refractivity contribution is 0.0693. The zero-order valence-corrected chi connectivity index (χ0v) is 11.9. The van der Waals surface area contributed by atoms with Crippen molar-refractivity contribution in [2.45, 2.75) is 10.6 Å². The van der Waals surface area contributed by atoms with E-state index >= 15 is 0 Å². The molecule has 0 aliphatic carbocycles. The average Bonchev–Trinajstić information content (AvgIpc) is 2.38. The van der Waals surface area contributed by atoms with Gasteiger partial charge in [-0.2, -0.15) is 0 Å². The summed E-state index contributed by atoms with van der Waals surface area (Å²) < 4.78 is 1.05. The van der Waals surface area contributed by atoms with Crippen molar-refractivity contribution in [3.8, 4) is 0 Å². The summed E-state index contributed by atoms with van der Waals surface area (Å²) in [4.78, 5) is 11.9. The Morgan fingerprint density at radius 3 is 2.50 bits per heavy atom. The third kappa shape index (κ3) is 3.15. The number of hydrogen-bond acceptors (Lipinski definition) is 2. The standard InChI is InChI=1S/C14H11BrO2S/c15-12-7-3-1-5-10(12)9-18-13-8-4-2-6-11(13)14(16)17/h1-8H,9H2,(H,16,17). The number of rotatable bonds is 4. The zero-order chi connectivity index (χ0) is 13.0. The van der Waals surface area contributed by atoms with Gasteiger partial charge in [-0.25, -0.2) is 4.79 Å². The third-order valence-corrected chi connectivity index (χ3v) is 4.35. The van der Waals surface area contributed by atoms with Crippen LogP contribution in [0.5, 0.6) is 0 Å². The number of carboxylic acids is 1. The molecule has 0 fully saturated rings. The van der Waals surface area contributed by atoms with E-state index < -0.39 is 5.97 Å². The second-order valence-corrected chi connectivity index (χ2v) is 5.55. The maximum absolute atomic E-state index is 11.1. The van der Waals surface area contributed by atoms with E-state index in [1.807, 2.05) is 36.4 Å². The molecule has 0 radical (unpaired) electrons. The molecule has 0 spiro atoms. The molecule has 0 saturated carbocycles. The first-order chi connectivity index (χ1) is 8.68. The molecular formula is C14H11BrO2S. The molecule has 2 nitrogen and oxygen atoms in total. The molecule has 0 amide bonds. The Kier molecular flexibility index (Phi) is 4.44. The van der Waals surface area contributed by atoms with E-state index in [9.17, 15) is 4.79 Å². The summed E-state index contributed by atoms with van der Waals surface area (Å²) in [5, 5.41) is 9.09. The second kappa shape index (κ2) is 6.07. The molecule has 2 aromatic rings. The fourth-order valence-corrected chi connectivity index (χ4v) is 3.20. The predicted molar refractivity (Wildman–Crippen MR) is 77.1 cm³/mol. The molecule has 0 unspecified atom stereocenters. The average molecular weight is 323 g/mol. The Labute approximate surface area is 118 Å². The Balaban J connectivity index is 2.16. The summed E-state index contributed by atoms with van der Waals surface area (Å²) in [6.45, 7) is 0. The fraction of sp³-hybridized carbons (Fsp3) is 0.0714. The SMILES string of the molecule is O=C(O)c1ccccc1SCc1ccccc1Br. The van der Waals surface area contributed by atoms with Crippen molar-refractivity contribution in [2.24, 2.45) is 0 Å². The summed E-state index contributed by atoms with van der Waals surface area (Å²) in [5.41, 5.74) is 1.51. The first-order valence-corrected chi connectivity index (χ1v) is 7.15. The smallest absolute Gasteiger partial charge is 0.336 e. The lowest BCUT2D eigenvalue weighted by Gasteiger charge is -2.06. The van der Waals surface area contributed by atoms with Gasteiger partial charge in [-0.1, -0.05) is 46.3 Å². The van der Waals surface area contributed by atoms with Gasteiger partial charge in [0.25, 0.3) is 0 Å². The number of benzene rings is 2. The number of carbonyl (C=O) groups is 1. The van der Waals surface area contributed by atoms with Crippen molar-refractivity contribution in [3.05, 3.63) is 64.1 Å². The molecule has 0 heterocycles. The summed E-state index contributed by atoms with van der Waals surface area (Å²) in [7, 11) is 0. The first kappa shape index (κ1) is 13.2. The van der Waals surface area contributed by atoms with Crippen LogP contribution in [0.25, 0.3) is 0 Å². The number of hydrogen-bond donors (Lipinski definition) is 1. The molecule has 1 N–H and O–H groups in total. The lowest BCUT2D eigenvalue weighted by Crippen LogP contribution is -1.98. The van der Waals surface area contributed by atoms with Crippen LogP contribution in [0, 0.1) is 0 Å². The highest BCUT2D eigenvalue weighted by Crippen LogP contribution is 2.29. The van der Waals surface area contributed by atoms with Crippen molar-refractivity contribution in [2.75, 3.05) is 0 Å². The quantitative estimate of drug-likeness (QED) is 0.845. The Bertz CT molecular complexity index is 569. The highest BCUT2D eigenvalue weighted by Gasteiger charge is 2.09. The van der Waals surface area contributed by atoms with Crippen LogP contribution < -0.4 is 0 Å². The summed E-state index contributed by atoms with van der Waals surface area (Å²) >= 11 is 5.02. The monoisotopic (exact) mass is 322 g/mol. The Hall–Kier alpha value is -1.26. The molecule has 0 saturated heterocycles. The van der Waals surface area contributed by atoms with Gasteiger partial charge in [-0.15, -0.1) is 11.8 Å². The minimum absolute atomic E-state index is 0.356. The Morgan fingerprint density at radius 2 is 1.78 bits per heavy atom. The topological polar surface area (TPSA) is 37.3 Å². The van der Waals surface area contributed by atoms with E-state index in [1.165, 1.54) is 11.8 Å². The van der Waals surface area contributed by atoms with Crippen LogP contribution in [0.4, 0.5) is 0 Å².